The molecule has 1 saturated carbocycles. The van der Waals surface area contributed by atoms with Crippen LogP contribution in [0.4, 0.5) is 0 Å². The number of methoxy groups -OCH3 is 1. The van der Waals surface area contributed by atoms with Gasteiger partial charge in [-0.25, -0.2) is 0 Å². The zero-order chi connectivity index (χ0) is 12.5. The summed E-state index contributed by atoms with van der Waals surface area (Å²) >= 11 is 0. The molecule has 0 spiro atoms. The summed E-state index contributed by atoms with van der Waals surface area (Å²) in [6.07, 6.45) is 4.41. The number of pyridine rings is 1. The van der Waals surface area contributed by atoms with Gasteiger partial charge in [-0.2, -0.15) is 0 Å². The van der Waals surface area contributed by atoms with Crippen molar-refractivity contribution >= 4 is 10.9 Å². The lowest BCUT2D eigenvalue weighted by molar-refractivity contribution is 0.0624. The summed E-state index contributed by atoms with van der Waals surface area (Å²) in [5, 5.41) is 1.15. The van der Waals surface area contributed by atoms with Crippen LogP contribution in [-0.2, 0) is 4.74 Å². The maximum Gasteiger partial charge on any atom is 0.0791 e. The summed E-state index contributed by atoms with van der Waals surface area (Å²) in [6.45, 7) is 0. The third-order valence-corrected chi connectivity index (χ3v) is 3.73. The van der Waals surface area contributed by atoms with E-state index in [-0.39, 0.29) is 12.1 Å². The SMILES string of the molecule is COC(C1CC1)C(N)c1ccc2cccnc2c1. The van der Waals surface area contributed by atoms with Crippen LogP contribution in [0.1, 0.15) is 24.4 Å². The van der Waals surface area contributed by atoms with Gasteiger partial charge in [-0.05, 0) is 36.5 Å². The standard InChI is InChI=1S/C15H18N2O/c1-18-15(11-5-6-11)14(16)12-7-4-10-3-2-8-17-13(10)9-12/h2-4,7-9,11,14-15H,5-6,16H2,1H3. The minimum atomic E-state index is -0.0612. The highest BCUT2D eigenvalue weighted by Crippen LogP contribution is 2.39. The van der Waals surface area contributed by atoms with Crippen molar-refractivity contribution in [1.29, 1.82) is 0 Å². The molecule has 3 nitrogen and oxygen atoms in total. The van der Waals surface area contributed by atoms with E-state index in [1.54, 1.807) is 7.11 Å². The van der Waals surface area contributed by atoms with E-state index in [1.165, 1.54) is 12.8 Å². The first-order valence-electron chi connectivity index (χ1n) is 6.42. The van der Waals surface area contributed by atoms with Crippen LogP contribution in [0.25, 0.3) is 10.9 Å². The molecule has 2 atom stereocenters. The fraction of sp³-hybridized carbons (Fsp3) is 0.400. The van der Waals surface area contributed by atoms with E-state index in [2.05, 4.69) is 29.2 Å². The van der Waals surface area contributed by atoms with Crippen LogP contribution < -0.4 is 5.73 Å². The number of ether oxygens (including phenoxy) is 1. The summed E-state index contributed by atoms with van der Waals surface area (Å²) in [4.78, 5) is 4.37. The molecule has 0 amide bonds. The first-order valence-corrected chi connectivity index (χ1v) is 6.42. The predicted molar refractivity (Wildman–Crippen MR) is 72.2 cm³/mol. The maximum atomic E-state index is 6.33. The molecule has 2 aromatic rings. The molecule has 2 unspecified atom stereocenters. The van der Waals surface area contributed by atoms with Crippen LogP contribution in [0.5, 0.6) is 0 Å². The zero-order valence-electron chi connectivity index (χ0n) is 10.5. The van der Waals surface area contributed by atoms with E-state index in [4.69, 9.17) is 10.5 Å². The Hall–Kier alpha value is -1.45. The molecule has 94 valence electrons. The van der Waals surface area contributed by atoms with Gasteiger partial charge < -0.3 is 10.5 Å². The van der Waals surface area contributed by atoms with Crippen molar-refractivity contribution < 1.29 is 4.74 Å². The van der Waals surface area contributed by atoms with Gasteiger partial charge in [0.1, 0.15) is 0 Å². The average Bonchev–Trinajstić information content (AvgIpc) is 3.23. The van der Waals surface area contributed by atoms with Crippen molar-refractivity contribution in [2.45, 2.75) is 25.0 Å². The molecule has 1 aromatic heterocycles. The average molecular weight is 242 g/mol. The van der Waals surface area contributed by atoms with E-state index in [0.717, 1.165) is 16.5 Å². The monoisotopic (exact) mass is 242 g/mol. The zero-order valence-corrected chi connectivity index (χ0v) is 10.5. The van der Waals surface area contributed by atoms with Gasteiger partial charge in [-0.1, -0.05) is 18.2 Å². The Labute approximate surface area is 107 Å². The Bertz CT molecular complexity index is 551. The first kappa shape index (κ1) is 11.6. The molecule has 0 saturated heterocycles. The summed E-state index contributed by atoms with van der Waals surface area (Å²) in [5.74, 6) is 0.629. The van der Waals surface area contributed by atoms with Crippen molar-refractivity contribution in [1.82, 2.24) is 4.98 Å². The maximum absolute atomic E-state index is 6.33. The fourth-order valence-corrected chi connectivity index (χ4v) is 2.54. The molecule has 0 radical (unpaired) electrons. The van der Waals surface area contributed by atoms with Crippen molar-refractivity contribution in [2.75, 3.05) is 7.11 Å². The Kier molecular flexibility index (Phi) is 3.02. The molecule has 18 heavy (non-hydrogen) atoms. The van der Waals surface area contributed by atoms with Crippen LogP contribution in [0.15, 0.2) is 36.5 Å². The number of rotatable bonds is 4. The number of hydrogen-bond acceptors (Lipinski definition) is 3. The fourth-order valence-electron chi connectivity index (χ4n) is 2.54. The molecule has 1 fully saturated rings. The van der Waals surface area contributed by atoms with E-state index in [9.17, 15) is 0 Å². The van der Waals surface area contributed by atoms with Gasteiger partial charge in [-0.3, -0.25) is 4.98 Å². The number of aromatic nitrogens is 1. The van der Waals surface area contributed by atoms with Gasteiger partial charge >= 0.3 is 0 Å². The lowest BCUT2D eigenvalue weighted by atomic mass is 9.98. The number of hydrogen-bond donors (Lipinski definition) is 1. The predicted octanol–water partition coefficient (Wildman–Crippen LogP) is 2.66. The van der Waals surface area contributed by atoms with E-state index >= 15 is 0 Å². The third-order valence-electron chi connectivity index (χ3n) is 3.73. The second-order valence-corrected chi connectivity index (χ2v) is 5.02. The first-order chi connectivity index (χ1) is 8.79. The number of nitrogens with two attached hydrogens (primary N) is 1. The second kappa shape index (κ2) is 4.67. The van der Waals surface area contributed by atoms with Gasteiger partial charge in [0.15, 0.2) is 0 Å². The van der Waals surface area contributed by atoms with Gasteiger partial charge in [0.05, 0.1) is 17.7 Å². The summed E-state index contributed by atoms with van der Waals surface area (Å²) < 4.78 is 5.56. The highest BCUT2D eigenvalue weighted by atomic mass is 16.5. The molecule has 1 aliphatic carbocycles. The summed E-state index contributed by atoms with van der Waals surface area (Å²) in [7, 11) is 1.75. The van der Waals surface area contributed by atoms with Crippen molar-refractivity contribution in [3.8, 4) is 0 Å². The minimum absolute atomic E-state index is 0.0612. The molecular formula is C15H18N2O. The topological polar surface area (TPSA) is 48.1 Å². The van der Waals surface area contributed by atoms with Crippen LogP contribution >= 0.6 is 0 Å². The molecular weight excluding hydrogens is 224 g/mol. The Morgan fingerprint density at radius 1 is 1.33 bits per heavy atom. The summed E-state index contributed by atoms with van der Waals surface area (Å²) in [6, 6.07) is 10.2. The molecule has 2 N–H and O–H groups in total. The highest BCUT2D eigenvalue weighted by molar-refractivity contribution is 5.79. The van der Waals surface area contributed by atoms with Gasteiger partial charge in [0.2, 0.25) is 0 Å². The van der Waals surface area contributed by atoms with E-state index in [1.807, 2.05) is 12.3 Å². The lowest BCUT2D eigenvalue weighted by Gasteiger charge is -2.22. The van der Waals surface area contributed by atoms with Crippen LogP contribution in [0.2, 0.25) is 0 Å². The molecule has 1 aliphatic rings. The number of fused-ring (bicyclic) bond motifs is 1. The smallest absolute Gasteiger partial charge is 0.0791 e. The number of benzene rings is 1. The van der Waals surface area contributed by atoms with E-state index in [0.29, 0.717) is 5.92 Å². The van der Waals surface area contributed by atoms with Gasteiger partial charge in [0, 0.05) is 18.7 Å². The highest BCUT2D eigenvalue weighted by Gasteiger charge is 2.35. The lowest BCUT2D eigenvalue weighted by Crippen LogP contribution is -2.29. The van der Waals surface area contributed by atoms with Crippen LogP contribution in [-0.4, -0.2) is 18.2 Å². The van der Waals surface area contributed by atoms with Gasteiger partial charge in [-0.15, -0.1) is 0 Å². The van der Waals surface area contributed by atoms with Crippen molar-refractivity contribution in [3.05, 3.63) is 42.1 Å². The third kappa shape index (κ3) is 2.11. The molecule has 1 aromatic carbocycles. The second-order valence-electron chi connectivity index (χ2n) is 5.02. The largest absolute Gasteiger partial charge is 0.379 e. The molecule has 1 heterocycles. The van der Waals surface area contributed by atoms with Crippen LogP contribution in [0.3, 0.4) is 0 Å². The summed E-state index contributed by atoms with van der Waals surface area (Å²) in [5.41, 5.74) is 8.44. The molecule has 3 rings (SSSR count). The minimum Gasteiger partial charge on any atom is -0.379 e. The van der Waals surface area contributed by atoms with Crippen molar-refractivity contribution in [2.24, 2.45) is 11.7 Å². The van der Waals surface area contributed by atoms with Crippen molar-refractivity contribution in [3.63, 3.8) is 0 Å². The van der Waals surface area contributed by atoms with E-state index < -0.39 is 0 Å². The quantitative estimate of drug-likeness (QED) is 0.896. The Balaban J connectivity index is 1.92. The van der Waals surface area contributed by atoms with Gasteiger partial charge in [0.25, 0.3) is 0 Å². The molecule has 0 aliphatic heterocycles. The Morgan fingerprint density at radius 2 is 2.17 bits per heavy atom. The molecule has 0 bridgehead atoms. The van der Waals surface area contributed by atoms with Crippen LogP contribution in [0, 0.1) is 5.92 Å². The normalized spacial score (nSPS) is 18.8. The number of nitrogens with zero attached hydrogens (tertiary/aromatic N) is 1. The molecule has 3 heteroatoms. The Morgan fingerprint density at radius 3 is 2.89 bits per heavy atom.